The maximum Gasteiger partial charge on any atom is 0.235 e. The van der Waals surface area contributed by atoms with Gasteiger partial charge in [0.05, 0.1) is 12.2 Å². The molecule has 0 bridgehead atoms. The van der Waals surface area contributed by atoms with Gasteiger partial charge in [-0.25, -0.2) is 0 Å². The van der Waals surface area contributed by atoms with Crippen LogP contribution < -0.4 is 4.90 Å². The number of anilines is 1. The molecule has 0 spiro atoms. The molecule has 1 fully saturated rings. The summed E-state index contributed by atoms with van der Waals surface area (Å²) in [5.74, 6) is 1.03. The van der Waals surface area contributed by atoms with Crippen molar-refractivity contribution in [3.05, 3.63) is 35.5 Å². The van der Waals surface area contributed by atoms with Crippen LogP contribution in [0.25, 0.3) is 11.5 Å². The molecule has 0 N–H and O–H groups in total. The maximum absolute atomic E-state index is 9.35. The summed E-state index contributed by atoms with van der Waals surface area (Å²) >= 11 is 0. The van der Waals surface area contributed by atoms with Gasteiger partial charge in [-0.3, -0.25) is 0 Å². The minimum absolute atomic E-state index is 0.100. The molecule has 2 heterocycles. The van der Waals surface area contributed by atoms with Gasteiger partial charge in [0.2, 0.25) is 17.5 Å². The van der Waals surface area contributed by atoms with Crippen molar-refractivity contribution in [2.24, 2.45) is 0 Å². The third kappa shape index (κ3) is 2.83. The number of rotatable bonds is 2. The normalized spacial score (nSPS) is 21.6. The number of benzene rings is 1. The number of nitrogens with zero attached hydrogens (tertiary/aromatic N) is 3. The summed E-state index contributed by atoms with van der Waals surface area (Å²) in [4.78, 5) is 6.39. The zero-order chi connectivity index (χ0) is 15.7. The zero-order valence-corrected chi connectivity index (χ0v) is 13.0. The van der Waals surface area contributed by atoms with Crippen LogP contribution in [-0.2, 0) is 4.74 Å². The van der Waals surface area contributed by atoms with E-state index in [0.717, 1.165) is 5.56 Å². The summed E-state index contributed by atoms with van der Waals surface area (Å²) in [6.07, 6.45) is 0.200. The number of ether oxygens (including phenoxy) is 1. The van der Waals surface area contributed by atoms with Crippen molar-refractivity contribution in [2.45, 2.75) is 33.0 Å². The largest absolute Gasteiger partial charge is 0.419 e. The number of hydrogen-bond donors (Lipinski definition) is 0. The van der Waals surface area contributed by atoms with E-state index in [0.29, 0.717) is 30.6 Å². The fourth-order valence-corrected chi connectivity index (χ4v) is 2.76. The van der Waals surface area contributed by atoms with Crippen molar-refractivity contribution in [2.75, 3.05) is 18.0 Å². The topological polar surface area (TPSA) is 62.3 Å². The van der Waals surface area contributed by atoms with Crippen molar-refractivity contribution in [1.29, 1.82) is 5.26 Å². The summed E-state index contributed by atoms with van der Waals surface area (Å²) in [6, 6.07) is 10.1. The van der Waals surface area contributed by atoms with Crippen LogP contribution in [0.15, 0.2) is 28.7 Å². The standard InChI is InChI=1S/C17H19N3O2/c1-11-4-6-14(7-5-11)16-19-15(8-18)17(22-16)20-9-12(2)21-13(3)10-20/h4-7,12-13H,9-10H2,1-3H3/t12-,13+. The van der Waals surface area contributed by atoms with Crippen LogP contribution in [0.2, 0.25) is 0 Å². The van der Waals surface area contributed by atoms with E-state index in [2.05, 4.69) is 11.1 Å². The summed E-state index contributed by atoms with van der Waals surface area (Å²) < 4.78 is 11.6. The number of oxazole rings is 1. The predicted molar refractivity (Wildman–Crippen MR) is 83.6 cm³/mol. The first-order chi connectivity index (χ1) is 10.6. The summed E-state index contributed by atoms with van der Waals surface area (Å²) in [7, 11) is 0. The summed E-state index contributed by atoms with van der Waals surface area (Å²) in [5, 5.41) is 9.35. The fraction of sp³-hybridized carbons (Fsp3) is 0.412. The van der Waals surface area contributed by atoms with Crippen LogP contribution in [-0.4, -0.2) is 30.3 Å². The molecule has 1 aromatic carbocycles. The Labute approximate surface area is 130 Å². The number of hydrogen-bond acceptors (Lipinski definition) is 5. The highest BCUT2D eigenvalue weighted by atomic mass is 16.5. The molecule has 1 aliphatic heterocycles. The lowest BCUT2D eigenvalue weighted by Crippen LogP contribution is -2.45. The molecule has 2 atom stereocenters. The molecule has 0 unspecified atom stereocenters. The SMILES string of the molecule is Cc1ccc(-c2nc(C#N)c(N3C[C@@H](C)O[C@@H](C)C3)o2)cc1. The Morgan fingerprint density at radius 3 is 2.41 bits per heavy atom. The maximum atomic E-state index is 9.35. The van der Waals surface area contributed by atoms with E-state index in [-0.39, 0.29) is 12.2 Å². The molecule has 0 aliphatic carbocycles. The van der Waals surface area contributed by atoms with Crippen molar-refractivity contribution in [3.63, 3.8) is 0 Å². The lowest BCUT2D eigenvalue weighted by Gasteiger charge is -2.34. The van der Waals surface area contributed by atoms with E-state index in [1.54, 1.807) is 0 Å². The summed E-state index contributed by atoms with van der Waals surface area (Å²) in [5.41, 5.74) is 2.38. The van der Waals surface area contributed by atoms with Crippen LogP contribution in [0, 0.1) is 18.3 Å². The summed E-state index contributed by atoms with van der Waals surface area (Å²) in [6.45, 7) is 7.46. The van der Waals surface area contributed by atoms with Crippen LogP contribution in [0.4, 0.5) is 5.88 Å². The van der Waals surface area contributed by atoms with Gasteiger partial charge in [0.15, 0.2) is 0 Å². The molecule has 2 aromatic rings. The Bertz CT molecular complexity index is 690. The van der Waals surface area contributed by atoms with Gasteiger partial charge >= 0.3 is 0 Å². The third-order valence-electron chi connectivity index (χ3n) is 3.72. The van der Waals surface area contributed by atoms with Gasteiger partial charge < -0.3 is 14.1 Å². The molecule has 3 rings (SSSR count). The monoisotopic (exact) mass is 297 g/mol. The van der Waals surface area contributed by atoms with Crippen molar-refractivity contribution < 1.29 is 9.15 Å². The number of morpholine rings is 1. The molecule has 114 valence electrons. The smallest absolute Gasteiger partial charge is 0.235 e. The van der Waals surface area contributed by atoms with Crippen LogP contribution in [0.5, 0.6) is 0 Å². The van der Waals surface area contributed by atoms with Gasteiger partial charge in [-0.1, -0.05) is 17.7 Å². The molecule has 1 aromatic heterocycles. The van der Waals surface area contributed by atoms with Crippen molar-refractivity contribution >= 4 is 5.88 Å². The number of aryl methyl sites for hydroxylation is 1. The lowest BCUT2D eigenvalue weighted by molar-refractivity contribution is -0.00638. The minimum atomic E-state index is 0.100. The number of aromatic nitrogens is 1. The van der Waals surface area contributed by atoms with E-state index in [1.165, 1.54) is 5.56 Å². The van der Waals surface area contributed by atoms with E-state index >= 15 is 0 Å². The zero-order valence-electron chi connectivity index (χ0n) is 13.0. The van der Waals surface area contributed by atoms with Crippen LogP contribution in [0.1, 0.15) is 25.1 Å². The van der Waals surface area contributed by atoms with Gasteiger partial charge in [-0.2, -0.15) is 10.2 Å². The lowest BCUT2D eigenvalue weighted by atomic mass is 10.1. The molecule has 0 saturated carbocycles. The number of nitriles is 1. The first-order valence-electron chi connectivity index (χ1n) is 7.45. The quantitative estimate of drug-likeness (QED) is 0.852. The van der Waals surface area contributed by atoms with Gasteiger partial charge in [0, 0.05) is 18.7 Å². The molecular formula is C17H19N3O2. The molecule has 0 amide bonds. The van der Waals surface area contributed by atoms with E-state index < -0.39 is 0 Å². The Balaban J connectivity index is 1.95. The van der Waals surface area contributed by atoms with Crippen LogP contribution >= 0.6 is 0 Å². The van der Waals surface area contributed by atoms with E-state index in [9.17, 15) is 5.26 Å². The molecular weight excluding hydrogens is 278 g/mol. The highest BCUT2D eigenvalue weighted by Crippen LogP contribution is 2.30. The Morgan fingerprint density at radius 2 is 1.82 bits per heavy atom. The highest BCUT2D eigenvalue weighted by Gasteiger charge is 2.28. The second-order valence-electron chi connectivity index (χ2n) is 5.81. The van der Waals surface area contributed by atoms with Gasteiger partial charge in [-0.15, -0.1) is 0 Å². The third-order valence-corrected chi connectivity index (χ3v) is 3.72. The Morgan fingerprint density at radius 1 is 1.18 bits per heavy atom. The molecule has 1 saturated heterocycles. The second kappa shape index (κ2) is 5.82. The average Bonchev–Trinajstić information content (AvgIpc) is 2.91. The van der Waals surface area contributed by atoms with Gasteiger partial charge in [0.25, 0.3) is 0 Å². The molecule has 5 heteroatoms. The first kappa shape index (κ1) is 14.6. The van der Waals surface area contributed by atoms with Crippen molar-refractivity contribution in [3.8, 4) is 17.5 Å². The van der Waals surface area contributed by atoms with Crippen molar-refractivity contribution in [1.82, 2.24) is 4.98 Å². The Hall–Kier alpha value is -2.32. The predicted octanol–water partition coefficient (Wildman–Crippen LogP) is 3.14. The van der Waals surface area contributed by atoms with Gasteiger partial charge in [-0.05, 0) is 32.9 Å². The highest BCUT2D eigenvalue weighted by molar-refractivity contribution is 5.60. The second-order valence-corrected chi connectivity index (χ2v) is 5.81. The molecule has 0 radical (unpaired) electrons. The molecule has 5 nitrogen and oxygen atoms in total. The first-order valence-corrected chi connectivity index (χ1v) is 7.45. The van der Waals surface area contributed by atoms with E-state index in [1.807, 2.05) is 49.9 Å². The molecule has 22 heavy (non-hydrogen) atoms. The molecule has 1 aliphatic rings. The van der Waals surface area contributed by atoms with Gasteiger partial charge in [0.1, 0.15) is 6.07 Å². The average molecular weight is 297 g/mol. The fourth-order valence-electron chi connectivity index (χ4n) is 2.76. The Kier molecular flexibility index (Phi) is 3.86. The van der Waals surface area contributed by atoms with E-state index in [4.69, 9.17) is 9.15 Å². The minimum Gasteiger partial charge on any atom is -0.419 e. The van der Waals surface area contributed by atoms with Crippen LogP contribution in [0.3, 0.4) is 0 Å².